The van der Waals surface area contributed by atoms with Gasteiger partial charge in [-0.25, -0.2) is 4.39 Å². The first-order chi connectivity index (χ1) is 9.22. The molecule has 2 aliphatic rings. The molecule has 1 aromatic rings. The van der Waals surface area contributed by atoms with Crippen molar-refractivity contribution in [2.75, 3.05) is 23.7 Å². The topological polar surface area (TPSA) is 53.2 Å². The fraction of sp³-hybridized carbons (Fsp3) is 0.500. The van der Waals surface area contributed by atoms with Gasteiger partial charge in [-0.15, -0.1) is 0 Å². The molecule has 2 aliphatic heterocycles. The molecule has 1 fully saturated rings. The minimum atomic E-state index is -0.243. The van der Waals surface area contributed by atoms with Crippen LogP contribution >= 0.6 is 0 Å². The van der Waals surface area contributed by atoms with Crippen molar-refractivity contribution < 1.29 is 9.18 Å². The van der Waals surface area contributed by atoms with Crippen molar-refractivity contribution >= 4 is 17.3 Å². The Labute approximate surface area is 111 Å². The van der Waals surface area contributed by atoms with Crippen LogP contribution in [0.3, 0.4) is 0 Å². The Balaban J connectivity index is 1.73. The van der Waals surface area contributed by atoms with Crippen LogP contribution in [-0.2, 0) is 11.2 Å². The van der Waals surface area contributed by atoms with E-state index in [1.54, 1.807) is 6.07 Å². The lowest BCUT2D eigenvalue weighted by atomic mass is 10.0. The molecule has 1 aromatic carbocycles. The van der Waals surface area contributed by atoms with E-state index in [2.05, 4.69) is 16.0 Å². The Morgan fingerprint density at radius 1 is 1.37 bits per heavy atom. The summed E-state index contributed by atoms with van der Waals surface area (Å²) in [4.78, 5) is 11.4. The van der Waals surface area contributed by atoms with Gasteiger partial charge in [-0.3, -0.25) is 4.79 Å². The quantitative estimate of drug-likeness (QED) is 0.780. The maximum Gasteiger partial charge on any atom is 0.224 e. The zero-order valence-electron chi connectivity index (χ0n) is 10.8. The number of halogens is 1. The van der Waals surface area contributed by atoms with Crippen molar-refractivity contribution in [1.82, 2.24) is 5.32 Å². The summed E-state index contributed by atoms with van der Waals surface area (Å²) in [6.45, 7) is 1.75. The SMILES string of the molecule is O=C1CCc2cc(F)c(NCC3CCCN3)cc2N1. The number of nitrogens with one attached hydrogen (secondary N) is 3. The molecule has 1 unspecified atom stereocenters. The molecular weight excluding hydrogens is 245 g/mol. The number of carbonyl (C=O) groups is 1. The number of carbonyl (C=O) groups excluding carboxylic acids is 1. The summed E-state index contributed by atoms with van der Waals surface area (Å²) in [5.74, 6) is -0.240. The summed E-state index contributed by atoms with van der Waals surface area (Å²) in [5, 5.41) is 9.29. The molecule has 3 rings (SSSR count). The Hall–Kier alpha value is -1.62. The molecule has 1 amide bonds. The van der Waals surface area contributed by atoms with Gasteiger partial charge in [0.1, 0.15) is 5.82 Å². The standard InChI is InChI=1S/C14H18FN3O/c15-11-6-9-3-4-14(19)18-12(9)7-13(11)17-8-10-2-1-5-16-10/h6-7,10,16-17H,1-5,8H2,(H,18,19). The van der Waals surface area contributed by atoms with Crippen LogP contribution in [0.4, 0.5) is 15.8 Å². The predicted octanol–water partition coefficient (Wildman–Crippen LogP) is 1.87. The average Bonchev–Trinajstić information content (AvgIpc) is 2.90. The molecule has 102 valence electrons. The van der Waals surface area contributed by atoms with Gasteiger partial charge in [-0.05, 0) is 43.5 Å². The highest BCUT2D eigenvalue weighted by Gasteiger charge is 2.19. The number of amides is 1. The van der Waals surface area contributed by atoms with Gasteiger partial charge in [0.25, 0.3) is 0 Å². The van der Waals surface area contributed by atoms with Crippen LogP contribution in [0.1, 0.15) is 24.8 Å². The third-order valence-electron chi connectivity index (χ3n) is 3.79. The Bertz CT molecular complexity index is 498. The van der Waals surface area contributed by atoms with Crippen LogP contribution in [0.5, 0.6) is 0 Å². The Kier molecular flexibility index (Phi) is 3.38. The molecule has 0 bridgehead atoms. The molecule has 0 saturated carbocycles. The average molecular weight is 263 g/mol. The van der Waals surface area contributed by atoms with Crippen molar-refractivity contribution in [2.45, 2.75) is 31.7 Å². The van der Waals surface area contributed by atoms with Crippen molar-refractivity contribution in [3.05, 3.63) is 23.5 Å². The summed E-state index contributed by atoms with van der Waals surface area (Å²) in [7, 11) is 0. The first-order valence-corrected chi connectivity index (χ1v) is 6.82. The van der Waals surface area contributed by atoms with Crippen LogP contribution in [0.2, 0.25) is 0 Å². The van der Waals surface area contributed by atoms with Gasteiger partial charge in [-0.2, -0.15) is 0 Å². The number of hydrogen-bond acceptors (Lipinski definition) is 3. The molecule has 5 heteroatoms. The second-order valence-corrected chi connectivity index (χ2v) is 5.21. The fourth-order valence-electron chi connectivity index (χ4n) is 2.70. The summed E-state index contributed by atoms with van der Waals surface area (Å²) in [5.41, 5.74) is 2.08. The highest BCUT2D eigenvalue weighted by Crippen LogP contribution is 2.28. The first kappa shape index (κ1) is 12.4. The van der Waals surface area contributed by atoms with Gasteiger partial charge in [0.15, 0.2) is 0 Å². The maximum atomic E-state index is 14.0. The molecule has 2 heterocycles. The van der Waals surface area contributed by atoms with Gasteiger partial charge in [0.05, 0.1) is 5.69 Å². The number of aryl methyl sites for hydroxylation is 1. The molecule has 0 aliphatic carbocycles. The first-order valence-electron chi connectivity index (χ1n) is 6.82. The van der Waals surface area contributed by atoms with E-state index >= 15 is 0 Å². The van der Waals surface area contributed by atoms with E-state index in [9.17, 15) is 9.18 Å². The molecule has 3 N–H and O–H groups in total. The van der Waals surface area contributed by atoms with Gasteiger partial charge in [0, 0.05) is 24.7 Å². The van der Waals surface area contributed by atoms with Gasteiger partial charge in [-0.1, -0.05) is 0 Å². The summed E-state index contributed by atoms with van der Waals surface area (Å²) < 4.78 is 14.0. The van der Waals surface area contributed by atoms with Crippen LogP contribution in [0, 0.1) is 5.82 Å². The van der Waals surface area contributed by atoms with E-state index in [1.165, 1.54) is 12.5 Å². The van der Waals surface area contributed by atoms with Crippen LogP contribution in [0.25, 0.3) is 0 Å². The zero-order chi connectivity index (χ0) is 13.2. The molecular formula is C14H18FN3O. The van der Waals surface area contributed by atoms with E-state index < -0.39 is 0 Å². The molecule has 0 aromatic heterocycles. The molecule has 0 spiro atoms. The van der Waals surface area contributed by atoms with E-state index in [1.807, 2.05) is 0 Å². The van der Waals surface area contributed by atoms with E-state index in [0.29, 0.717) is 31.1 Å². The molecule has 1 atom stereocenters. The summed E-state index contributed by atoms with van der Waals surface area (Å²) >= 11 is 0. The lowest BCUT2D eigenvalue weighted by Crippen LogP contribution is -2.29. The smallest absolute Gasteiger partial charge is 0.224 e. The summed E-state index contributed by atoms with van der Waals surface area (Å²) in [6.07, 6.45) is 3.35. The minimum Gasteiger partial charge on any atom is -0.381 e. The van der Waals surface area contributed by atoms with E-state index in [-0.39, 0.29) is 11.7 Å². The van der Waals surface area contributed by atoms with E-state index in [4.69, 9.17) is 0 Å². The van der Waals surface area contributed by atoms with Crippen molar-refractivity contribution in [2.24, 2.45) is 0 Å². The largest absolute Gasteiger partial charge is 0.381 e. The normalized spacial score (nSPS) is 21.9. The summed E-state index contributed by atoms with van der Waals surface area (Å²) in [6, 6.07) is 3.64. The molecule has 19 heavy (non-hydrogen) atoms. The van der Waals surface area contributed by atoms with Crippen LogP contribution in [-0.4, -0.2) is 25.0 Å². The lowest BCUT2D eigenvalue weighted by Gasteiger charge is -2.19. The number of anilines is 2. The second-order valence-electron chi connectivity index (χ2n) is 5.21. The van der Waals surface area contributed by atoms with E-state index in [0.717, 1.165) is 24.2 Å². The predicted molar refractivity (Wildman–Crippen MR) is 72.9 cm³/mol. The highest BCUT2D eigenvalue weighted by molar-refractivity contribution is 5.94. The van der Waals surface area contributed by atoms with Crippen molar-refractivity contribution in [3.8, 4) is 0 Å². The van der Waals surface area contributed by atoms with Crippen LogP contribution < -0.4 is 16.0 Å². The third kappa shape index (κ3) is 2.71. The second kappa shape index (κ2) is 5.17. The number of rotatable bonds is 3. The van der Waals surface area contributed by atoms with Gasteiger partial charge >= 0.3 is 0 Å². The minimum absolute atomic E-state index is 0.00233. The van der Waals surface area contributed by atoms with Crippen molar-refractivity contribution in [1.29, 1.82) is 0 Å². The number of hydrogen-bond donors (Lipinski definition) is 3. The highest BCUT2D eigenvalue weighted by atomic mass is 19.1. The maximum absolute atomic E-state index is 14.0. The Morgan fingerprint density at radius 3 is 3.05 bits per heavy atom. The molecule has 0 radical (unpaired) electrons. The lowest BCUT2D eigenvalue weighted by molar-refractivity contribution is -0.116. The monoisotopic (exact) mass is 263 g/mol. The molecule has 4 nitrogen and oxygen atoms in total. The van der Waals surface area contributed by atoms with Crippen molar-refractivity contribution in [3.63, 3.8) is 0 Å². The third-order valence-corrected chi connectivity index (χ3v) is 3.79. The fourth-order valence-corrected chi connectivity index (χ4v) is 2.70. The number of benzene rings is 1. The Morgan fingerprint density at radius 2 is 2.26 bits per heavy atom. The van der Waals surface area contributed by atoms with Gasteiger partial charge in [0.2, 0.25) is 5.91 Å². The number of fused-ring (bicyclic) bond motifs is 1. The zero-order valence-corrected chi connectivity index (χ0v) is 10.8. The van der Waals surface area contributed by atoms with Gasteiger partial charge < -0.3 is 16.0 Å². The molecule has 1 saturated heterocycles. The van der Waals surface area contributed by atoms with Crippen LogP contribution in [0.15, 0.2) is 12.1 Å².